The number of halogens is 1. The van der Waals surface area contributed by atoms with E-state index in [1.54, 1.807) is 38.1 Å². The fourth-order valence-electron chi connectivity index (χ4n) is 1.60. The predicted octanol–water partition coefficient (Wildman–Crippen LogP) is 2.74. The number of rotatable bonds is 5. The smallest absolute Gasteiger partial charge is 0.180 e. The number of hydrogen-bond acceptors (Lipinski definition) is 3. The van der Waals surface area contributed by atoms with Crippen LogP contribution in [0.1, 0.15) is 30.6 Å². The van der Waals surface area contributed by atoms with Crippen molar-refractivity contribution in [2.24, 2.45) is 0 Å². The molecule has 0 aliphatic heterocycles. The SMILES string of the molecule is CCC(C(=O)c1ccc(Cl)cc1)S(=O)(=O)CC. The third-order valence-corrected chi connectivity index (χ3v) is 5.10. The highest BCUT2D eigenvalue weighted by atomic mass is 35.5. The molecule has 0 radical (unpaired) electrons. The van der Waals surface area contributed by atoms with Crippen LogP contribution in [-0.2, 0) is 9.84 Å². The molecular formula is C12H15ClO3S. The van der Waals surface area contributed by atoms with Gasteiger partial charge in [-0.2, -0.15) is 0 Å². The molecule has 0 saturated carbocycles. The molecule has 0 spiro atoms. The van der Waals surface area contributed by atoms with E-state index in [-0.39, 0.29) is 18.0 Å². The first-order valence-electron chi connectivity index (χ1n) is 5.43. The Kier molecular flexibility index (Phi) is 4.71. The fraction of sp³-hybridized carbons (Fsp3) is 0.417. The molecular weight excluding hydrogens is 260 g/mol. The summed E-state index contributed by atoms with van der Waals surface area (Å²) in [6, 6.07) is 6.27. The number of carbonyl (C=O) groups excluding carboxylic acids is 1. The molecule has 0 heterocycles. The van der Waals surface area contributed by atoms with Crippen LogP contribution in [-0.4, -0.2) is 25.2 Å². The van der Waals surface area contributed by atoms with Crippen LogP contribution in [0.4, 0.5) is 0 Å². The van der Waals surface area contributed by atoms with Gasteiger partial charge in [0.05, 0.1) is 0 Å². The number of benzene rings is 1. The minimum atomic E-state index is -3.35. The molecule has 17 heavy (non-hydrogen) atoms. The highest BCUT2D eigenvalue weighted by molar-refractivity contribution is 7.92. The van der Waals surface area contributed by atoms with E-state index in [0.717, 1.165) is 0 Å². The third kappa shape index (κ3) is 3.30. The zero-order chi connectivity index (χ0) is 13.1. The van der Waals surface area contributed by atoms with Gasteiger partial charge in [-0.1, -0.05) is 25.4 Å². The van der Waals surface area contributed by atoms with Gasteiger partial charge in [-0.25, -0.2) is 8.42 Å². The topological polar surface area (TPSA) is 51.2 Å². The van der Waals surface area contributed by atoms with Gasteiger partial charge >= 0.3 is 0 Å². The molecule has 0 amide bonds. The molecule has 1 aromatic rings. The van der Waals surface area contributed by atoms with Crippen molar-refractivity contribution >= 4 is 27.2 Å². The Balaban J connectivity index is 3.07. The quantitative estimate of drug-likeness (QED) is 0.776. The molecule has 0 aromatic heterocycles. The lowest BCUT2D eigenvalue weighted by atomic mass is 10.1. The molecule has 0 aliphatic rings. The normalized spacial score (nSPS) is 13.4. The number of Topliss-reactive ketones (excluding diaryl/α,β-unsaturated/α-hetero) is 1. The van der Waals surface area contributed by atoms with Gasteiger partial charge in [0.15, 0.2) is 15.6 Å². The maximum absolute atomic E-state index is 12.1. The highest BCUT2D eigenvalue weighted by Crippen LogP contribution is 2.16. The van der Waals surface area contributed by atoms with Gasteiger partial charge < -0.3 is 0 Å². The minimum absolute atomic E-state index is 0.0230. The Bertz CT molecular complexity index is 491. The molecule has 1 atom stereocenters. The Morgan fingerprint density at radius 2 is 1.76 bits per heavy atom. The Labute approximate surface area is 107 Å². The molecule has 1 aromatic carbocycles. The zero-order valence-corrected chi connectivity index (χ0v) is 11.4. The summed E-state index contributed by atoms with van der Waals surface area (Å²) in [4.78, 5) is 12.1. The van der Waals surface area contributed by atoms with Crippen LogP contribution in [0.2, 0.25) is 5.02 Å². The number of carbonyl (C=O) groups is 1. The van der Waals surface area contributed by atoms with Gasteiger partial charge in [0.25, 0.3) is 0 Å². The van der Waals surface area contributed by atoms with Crippen molar-refractivity contribution < 1.29 is 13.2 Å². The molecule has 1 unspecified atom stereocenters. The molecule has 0 bridgehead atoms. The van der Waals surface area contributed by atoms with Crippen LogP contribution < -0.4 is 0 Å². The fourth-order valence-corrected chi connectivity index (χ4v) is 3.10. The second kappa shape index (κ2) is 5.65. The van der Waals surface area contributed by atoms with E-state index in [1.807, 2.05) is 0 Å². The molecule has 0 saturated heterocycles. The number of hydrogen-bond donors (Lipinski definition) is 0. The second-order valence-corrected chi connectivity index (χ2v) is 6.63. The van der Waals surface area contributed by atoms with Gasteiger partial charge in [0, 0.05) is 16.3 Å². The summed E-state index contributed by atoms with van der Waals surface area (Å²) in [5.41, 5.74) is 0.387. The molecule has 0 fully saturated rings. The maximum atomic E-state index is 12.1. The molecule has 0 N–H and O–H groups in total. The summed E-state index contributed by atoms with van der Waals surface area (Å²) in [7, 11) is -3.35. The van der Waals surface area contributed by atoms with Crippen LogP contribution in [0.15, 0.2) is 24.3 Å². The van der Waals surface area contributed by atoms with Crippen molar-refractivity contribution in [1.29, 1.82) is 0 Å². The van der Waals surface area contributed by atoms with E-state index in [1.165, 1.54) is 0 Å². The predicted molar refractivity (Wildman–Crippen MR) is 69.3 cm³/mol. The van der Waals surface area contributed by atoms with Crippen molar-refractivity contribution in [3.05, 3.63) is 34.9 Å². The van der Waals surface area contributed by atoms with Gasteiger partial charge in [0.1, 0.15) is 5.25 Å². The lowest BCUT2D eigenvalue weighted by Crippen LogP contribution is -2.31. The van der Waals surface area contributed by atoms with E-state index in [4.69, 9.17) is 11.6 Å². The summed E-state index contributed by atoms with van der Waals surface area (Å²) >= 11 is 5.72. The molecule has 5 heteroatoms. The summed E-state index contributed by atoms with van der Waals surface area (Å²) in [5.74, 6) is -0.379. The van der Waals surface area contributed by atoms with Crippen LogP contribution in [0, 0.1) is 0 Å². The van der Waals surface area contributed by atoms with E-state index < -0.39 is 15.1 Å². The summed E-state index contributed by atoms with van der Waals surface area (Å²) in [6.45, 7) is 3.25. The monoisotopic (exact) mass is 274 g/mol. The first-order chi connectivity index (χ1) is 7.92. The highest BCUT2D eigenvalue weighted by Gasteiger charge is 2.29. The maximum Gasteiger partial charge on any atom is 0.180 e. The van der Waals surface area contributed by atoms with Crippen molar-refractivity contribution in [2.45, 2.75) is 25.5 Å². The average Bonchev–Trinajstić information content (AvgIpc) is 2.30. The van der Waals surface area contributed by atoms with E-state index in [2.05, 4.69) is 0 Å². The first kappa shape index (κ1) is 14.2. The Hall–Kier alpha value is -0.870. The minimum Gasteiger partial charge on any atom is -0.293 e. The molecule has 94 valence electrons. The molecule has 3 nitrogen and oxygen atoms in total. The van der Waals surface area contributed by atoms with Crippen LogP contribution in [0.5, 0.6) is 0 Å². The summed E-state index contributed by atoms with van der Waals surface area (Å²) in [5, 5.41) is -0.429. The van der Waals surface area contributed by atoms with E-state index in [0.29, 0.717) is 10.6 Å². The average molecular weight is 275 g/mol. The summed E-state index contributed by atoms with van der Waals surface area (Å²) < 4.78 is 23.5. The zero-order valence-electron chi connectivity index (χ0n) is 9.81. The van der Waals surface area contributed by atoms with Crippen molar-refractivity contribution in [3.8, 4) is 0 Å². The number of ketones is 1. The molecule has 0 aliphatic carbocycles. The lowest BCUT2D eigenvalue weighted by molar-refractivity contribution is 0.0985. The van der Waals surface area contributed by atoms with Crippen molar-refractivity contribution in [3.63, 3.8) is 0 Å². The molecule has 1 rings (SSSR count). The second-order valence-electron chi connectivity index (χ2n) is 3.72. The summed E-state index contributed by atoms with van der Waals surface area (Å²) in [6.07, 6.45) is 0.289. The largest absolute Gasteiger partial charge is 0.293 e. The van der Waals surface area contributed by atoms with Crippen LogP contribution in [0.3, 0.4) is 0 Å². The Morgan fingerprint density at radius 1 is 1.24 bits per heavy atom. The van der Waals surface area contributed by atoms with E-state index in [9.17, 15) is 13.2 Å². The van der Waals surface area contributed by atoms with Gasteiger partial charge in [-0.3, -0.25) is 4.79 Å². The standard InChI is InChI=1S/C12H15ClO3S/c1-3-11(17(15,16)4-2)12(14)9-5-7-10(13)8-6-9/h5-8,11H,3-4H2,1-2H3. The lowest BCUT2D eigenvalue weighted by Gasteiger charge is -2.13. The van der Waals surface area contributed by atoms with E-state index >= 15 is 0 Å². The van der Waals surface area contributed by atoms with Crippen LogP contribution >= 0.6 is 11.6 Å². The Morgan fingerprint density at radius 3 is 2.18 bits per heavy atom. The van der Waals surface area contributed by atoms with Crippen molar-refractivity contribution in [2.75, 3.05) is 5.75 Å². The number of sulfone groups is 1. The van der Waals surface area contributed by atoms with Gasteiger partial charge in [0.2, 0.25) is 0 Å². The third-order valence-electron chi connectivity index (χ3n) is 2.63. The van der Waals surface area contributed by atoms with Crippen LogP contribution in [0.25, 0.3) is 0 Å². The van der Waals surface area contributed by atoms with Crippen molar-refractivity contribution in [1.82, 2.24) is 0 Å². The van der Waals surface area contributed by atoms with Gasteiger partial charge in [-0.15, -0.1) is 0 Å². The van der Waals surface area contributed by atoms with Gasteiger partial charge in [-0.05, 0) is 30.7 Å². The first-order valence-corrected chi connectivity index (χ1v) is 7.53.